The Hall–Kier alpha value is -0.275. The van der Waals surface area contributed by atoms with Gasteiger partial charge in [0, 0.05) is 0 Å². The van der Waals surface area contributed by atoms with Crippen molar-refractivity contribution >= 4 is 7.12 Å². The molecule has 1 aliphatic heterocycles. The van der Waals surface area contributed by atoms with Gasteiger partial charge in [0.2, 0.25) is 0 Å². The van der Waals surface area contributed by atoms with E-state index in [1.165, 1.54) is 24.7 Å². The first kappa shape index (κ1) is 14.1. The van der Waals surface area contributed by atoms with E-state index < -0.39 is 0 Å². The molecule has 0 radical (unpaired) electrons. The standard InChI is InChI=1S/C15H27BO2/c1-6-12-8-10-13(11-9-12)16-17-14(3,4)15(5,7-2)18-16/h10,12H,6-9,11H2,1-5H3. The maximum Gasteiger partial charge on any atom is 0.490 e. The molecule has 1 saturated heterocycles. The molecule has 0 bridgehead atoms. The van der Waals surface area contributed by atoms with E-state index in [-0.39, 0.29) is 18.3 Å². The van der Waals surface area contributed by atoms with Crippen molar-refractivity contribution in [2.24, 2.45) is 5.92 Å². The van der Waals surface area contributed by atoms with E-state index >= 15 is 0 Å². The molecule has 102 valence electrons. The number of hydrogen-bond donors (Lipinski definition) is 0. The first-order valence-electron chi connectivity index (χ1n) is 7.46. The van der Waals surface area contributed by atoms with Crippen LogP contribution >= 0.6 is 0 Å². The van der Waals surface area contributed by atoms with Crippen LogP contribution in [0.5, 0.6) is 0 Å². The molecule has 2 aliphatic rings. The summed E-state index contributed by atoms with van der Waals surface area (Å²) in [5.41, 5.74) is 1.000. The van der Waals surface area contributed by atoms with Crippen LogP contribution in [0.3, 0.4) is 0 Å². The smallest absolute Gasteiger partial charge is 0.400 e. The van der Waals surface area contributed by atoms with E-state index in [2.05, 4.69) is 40.7 Å². The van der Waals surface area contributed by atoms with E-state index in [4.69, 9.17) is 9.31 Å². The van der Waals surface area contributed by atoms with Crippen molar-refractivity contribution in [2.75, 3.05) is 0 Å². The maximum absolute atomic E-state index is 6.23. The molecule has 0 aromatic rings. The molecule has 1 heterocycles. The van der Waals surface area contributed by atoms with Crippen molar-refractivity contribution in [3.8, 4) is 0 Å². The zero-order valence-corrected chi connectivity index (χ0v) is 12.6. The fourth-order valence-corrected chi connectivity index (χ4v) is 2.95. The summed E-state index contributed by atoms with van der Waals surface area (Å²) in [7, 11) is -0.109. The molecule has 0 amide bonds. The molecular weight excluding hydrogens is 223 g/mol. The molecule has 0 N–H and O–H groups in total. The largest absolute Gasteiger partial charge is 0.490 e. The molecule has 2 unspecified atom stereocenters. The quantitative estimate of drug-likeness (QED) is 0.700. The summed E-state index contributed by atoms with van der Waals surface area (Å²) < 4.78 is 12.4. The molecule has 0 saturated carbocycles. The van der Waals surface area contributed by atoms with Crippen molar-refractivity contribution < 1.29 is 9.31 Å². The van der Waals surface area contributed by atoms with Crippen LogP contribution in [0.25, 0.3) is 0 Å². The predicted octanol–water partition coefficient (Wildman–Crippen LogP) is 4.14. The topological polar surface area (TPSA) is 18.5 Å². The Balaban J connectivity index is 2.07. The number of allylic oxidation sites excluding steroid dienone is 2. The average Bonchev–Trinajstić information content (AvgIpc) is 2.61. The van der Waals surface area contributed by atoms with Crippen LogP contribution in [0.2, 0.25) is 0 Å². The molecule has 3 heteroatoms. The molecule has 0 aromatic carbocycles. The first-order chi connectivity index (χ1) is 8.42. The van der Waals surface area contributed by atoms with Crippen LogP contribution in [0.15, 0.2) is 11.5 Å². The second kappa shape index (κ2) is 5.01. The van der Waals surface area contributed by atoms with Gasteiger partial charge in [-0.2, -0.15) is 0 Å². The van der Waals surface area contributed by atoms with Crippen LogP contribution in [-0.2, 0) is 9.31 Å². The minimum atomic E-state index is -0.200. The fourth-order valence-electron chi connectivity index (χ4n) is 2.95. The van der Waals surface area contributed by atoms with Gasteiger partial charge < -0.3 is 9.31 Å². The van der Waals surface area contributed by atoms with Gasteiger partial charge >= 0.3 is 7.12 Å². The Morgan fingerprint density at radius 1 is 1.28 bits per heavy atom. The van der Waals surface area contributed by atoms with Crippen LogP contribution in [0.4, 0.5) is 0 Å². The van der Waals surface area contributed by atoms with Crippen molar-refractivity contribution in [2.45, 2.75) is 77.9 Å². The lowest BCUT2D eigenvalue weighted by Gasteiger charge is -2.35. The van der Waals surface area contributed by atoms with Gasteiger partial charge in [0.1, 0.15) is 0 Å². The molecule has 0 aromatic heterocycles. The van der Waals surface area contributed by atoms with Crippen LogP contribution < -0.4 is 0 Å². The Bertz CT molecular complexity index is 337. The second-order valence-electron chi connectivity index (χ2n) is 6.49. The Morgan fingerprint density at radius 3 is 2.44 bits per heavy atom. The highest BCUT2D eigenvalue weighted by Gasteiger charge is 2.54. The van der Waals surface area contributed by atoms with Crippen molar-refractivity contribution in [3.05, 3.63) is 11.5 Å². The second-order valence-corrected chi connectivity index (χ2v) is 6.49. The third-order valence-electron chi connectivity index (χ3n) is 5.15. The summed E-state index contributed by atoms with van der Waals surface area (Å²) in [6.45, 7) is 10.9. The molecule has 2 atom stereocenters. The lowest BCUT2D eigenvalue weighted by molar-refractivity contribution is -0.0118. The molecule has 2 rings (SSSR count). The van der Waals surface area contributed by atoms with Crippen molar-refractivity contribution in [1.82, 2.24) is 0 Å². The number of hydrogen-bond acceptors (Lipinski definition) is 2. The first-order valence-corrected chi connectivity index (χ1v) is 7.46. The fraction of sp³-hybridized carbons (Fsp3) is 0.867. The molecule has 1 fully saturated rings. The van der Waals surface area contributed by atoms with Gasteiger partial charge in [-0.25, -0.2) is 0 Å². The Kier molecular flexibility index (Phi) is 3.94. The van der Waals surface area contributed by atoms with E-state index in [0.717, 1.165) is 18.8 Å². The van der Waals surface area contributed by atoms with Crippen LogP contribution in [0, 0.1) is 5.92 Å². The van der Waals surface area contributed by atoms with Gasteiger partial charge in [-0.1, -0.05) is 26.3 Å². The lowest BCUT2D eigenvalue weighted by Crippen LogP contribution is -2.44. The highest BCUT2D eigenvalue weighted by molar-refractivity contribution is 6.54. The SMILES string of the molecule is CCC1CC=C(B2OC(C)(C)C(C)(CC)O2)CC1. The summed E-state index contributed by atoms with van der Waals surface area (Å²) >= 11 is 0. The zero-order chi connectivity index (χ0) is 13.4. The van der Waals surface area contributed by atoms with Crippen LogP contribution in [0.1, 0.15) is 66.7 Å². The van der Waals surface area contributed by atoms with Crippen LogP contribution in [-0.4, -0.2) is 18.3 Å². The minimum absolute atomic E-state index is 0.109. The maximum atomic E-state index is 6.23. The Labute approximate surface area is 112 Å². The van der Waals surface area contributed by atoms with E-state index in [1.807, 2.05) is 0 Å². The summed E-state index contributed by atoms with van der Waals surface area (Å²) in [4.78, 5) is 0. The number of rotatable bonds is 3. The normalized spacial score (nSPS) is 35.7. The molecule has 2 nitrogen and oxygen atoms in total. The Morgan fingerprint density at radius 2 is 2.00 bits per heavy atom. The van der Waals surface area contributed by atoms with Crippen molar-refractivity contribution in [1.29, 1.82) is 0 Å². The molecular formula is C15H27BO2. The van der Waals surface area contributed by atoms with Gasteiger partial charge in [0.05, 0.1) is 11.2 Å². The third-order valence-corrected chi connectivity index (χ3v) is 5.15. The summed E-state index contributed by atoms with van der Waals surface area (Å²) in [6.07, 6.45) is 8.25. The molecule has 0 spiro atoms. The zero-order valence-electron chi connectivity index (χ0n) is 12.6. The van der Waals surface area contributed by atoms with Gasteiger partial charge in [-0.3, -0.25) is 0 Å². The van der Waals surface area contributed by atoms with Crippen molar-refractivity contribution in [3.63, 3.8) is 0 Å². The third kappa shape index (κ3) is 2.40. The van der Waals surface area contributed by atoms with Gasteiger partial charge in [0.25, 0.3) is 0 Å². The summed E-state index contributed by atoms with van der Waals surface area (Å²) in [5.74, 6) is 0.862. The van der Waals surface area contributed by atoms with Gasteiger partial charge in [-0.05, 0) is 57.8 Å². The minimum Gasteiger partial charge on any atom is -0.400 e. The van der Waals surface area contributed by atoms with E-state index in [9.17, 15) is 0 Å². The average molecular weight is 250 g/mol. The van der Waals surface area contributed by atoms with Gasteiger partial charge in [0.15, 0.2) is 0 Å². The highest BCUT2D eigenvalue weighted by atomic mass is 16.7. The molecule has 1 aliphatic carbocycles. The summed E-state index contributed by atoms with van der Waals surface area (Å²) in [5, 5.41) is 0. The van der Waals surface area contributed by atoms with E-state index in [0.29, 0.717) is 0 Å². The highest BCUT2D eigenvalue weighted by Crippen LogP contribution is 2.42. The van der Waals surface area contributed by atoms with E-state index in [1.54, 1.807) is 0 Å². The lowest BCUT2D eigenvalue weighted by atomic mass is 9.70. The predicted molar refractivity (Wildman–Crippen MR) is 76.4 cm³/mol. The van der Waals surface area contributed by atoms with Gasteiger partial charge in [-0.15, -0.1) is 0 Å². The summed E-state index contributed by atoms with van der Waals surface area (Å²) in [6, 6.07) is 0. The molecule has 18 heavy (non-hydrogen) atoms. The monoisotopic (exact) mass is 250 g/mol.